The van der Waals surface area contributed by atoms with Crippen LogP contribution in [0.5, 0.6) is 5.75 Å². The molecule has 0 unspecified atom stereocenters. The molecule has 1 atom stereocenters. The Hall–Kier alpha value is -1.51. The Bertz CT molecular complexity index is 409. The minimum atomic E-state index is -0.297. The monoisotopic (exact) mass is 220 g/mol. The molecule has 1 aliphatic heterocycles. The molecule has 0 saturated carbocycles. The van der Waals surface area contributed by atoms with Crippen molar-refractivity contribution < 1.29 is 14.3 Å². The first-order valence-electron chi connectivity index (χ1n) is 5.43. The molecule has 0 saturated heterocycles. The quantitative estimate of drug-likeness (QED) is 0.683. The summed E-state index contributed by atoms with van der Waals surface area (Å²) in [5, 5.41) is 0. The van der Waals surface area contributed by atoms with E-state index in [2.05, 4.69) is 0 Å². The first-order chi connectivity index (χ1) is 7.48. The van der Waals surface area contributed by atoms with Crippen LogP contribution in [-0.2, 0) is 9.53 Å². The van der Waals surface area contributed by atoms with Crippen molar-refractivity contribution in [2.24, 2.45) is 0 Å². The summed E-state index contributed by atoms with van der Waals surface area (Å²) in [6, 6.07) is 7.70. The lowest BCUT2D eigenvalue weighted by molar-refractivity contribution is -0.150. The van der Waals surface area contributed by atoms with Gasteiger partial charge >= 0.3 is 5.97 Å². The van der Waals surface area contributed by atoms with Crippen LogP contribution in [0.2, 0.25) is 0 Å². The Morgan fingerprint density at radius 1 is 1.44 bits per heavy atom. The van der Waals surface area contributed by atoms with Crippen molar-refractivity contribution in [1.29, 1.82) is 0 Å². The first-order valence-corrected chi connectivity index (χ1v) is 5.43. The van der Waals surface area contributed by atoms with E-state index < -0.39 is 0 Å². The fraction of sp³-hybridized carbons (Fsp3) is 0.462. The summed E-state index contributed by atoms with van der Waals surface area (Å²) < 4.78 is 11.2. The predicted molar refractivity (Wildman–Crippen MR) is 60.3 cm³/mol. The average molecular weight is 220 g/mol. The number of hydrogen-bond acceptors (Lipinski definition) is 3. The van der Waals surface area contributed by atoms with Crippen molar-refractivity contribution in [2.75, 3.05) is 0 Å². The molecule has 0 fully saturated rings. The van der Waals surface area contributed by atoms with Crippen LogP contribution < -0.4 is 4.74 Å². The number of fused-ring (bicyclic) bond motifs is 1. The highest BCUT2D eigenvalue weighted by atomic mass is 16.6. The number of para-hydroxylation sites is 1. The molecule has 1 aliphatic rings. The molecular formula is C13H16O3. The summed E-state index contributed by atoms with van der Waals surface area (Å²) in [6.07, 6.45) is 0.487. The van der Waals surface area contributed by atoms with Gasteiger partial charge in [-0.15, -0.1) is 0 Å². The van der Waals surface area contributed by atoms with E-state index in [1.807, 2.05) is 38.1 Å². The standard InChI is InChI=1S/C13H16O3/c1-9(14)15-12-8-13(2,3)16-11-7-5-4-6-10(11)12/h4-7,12H,8H2,1-3H3/t12-/m1/s1. The van der Waals surface area contributed by atoms with Crippen LogP contribution in [0.4, 0.5) is 0 Å². The predicted octanol–water partition coefficient (Wildman–Crippen LogP) is 2.85. The van der Waals surface area contributed by atoms with Gasteiger partial charge in [-0.2, -0.15) is 0 Å². The van der Waals surface area contributed by atoms with Crippen LogP contribution in [-0.4, -0.2) is 11.6 Å². The molecule has 0 aliphatic carbocycles. The van der Waals surface area contributed by atoms with Crippen LogP contribution in [0.25, 0.3) is 0 Å². The Labute approximate surface area is 95.4 Å². The summed E-state index contributed by atoms with van der Waals surface area (Å²) in [5.41, 5.74) is 0.658. The summed E-state index contributed by atoms with van der Waals surface area (Å²) in [4.78, 5) is 11.1. The second kappa shape index (κ2) is 3.81. The zero-order chi connectivity index (χ0) is 11.8. The second-order valence-electron chi connectivity index (χ2n) is 4.70. The van der Waals surface area contributed by atoms with Gasteiger partial charge in [0.1, 0.15) is 17.5 Å². The molecule has 0 radical (unpaired) electrons. The summed E-state index contributed by atoms with van der Waals surface area (Å²) >= 11 is 0. The Kier molecular flexibility index (Phi) is 2.62. The molecule has 16 heavy (non-hydrogen) atoms. The Morgan fingerprint density at radius 2 is 2.12 bits per heavy atom. The normalized spacial score (nSPS) is 21.8. The van der Waals surface area contributed by atoms with Crippen molar-refractivity contribution in [2.45, 2.75) is 38.9 Å². The summed E-state index contributed by atoms with van der Waals surface area (Å²) in [5.74, 6) is 0.558. The zero-order valence-corrected chi connectivity index (χ0v) is 9.82. The molecule has 3 nitrogen and oxygen atoms in total. The molecular weight excluding hydrogens is 204 g/mol. The van der Waals surface area contributed by atoms with Crippen LogP contribution in [0.1, 0.15) is 38.9 Å². The smallest absolute Gasteiger partial charge is 0.303 e. The van der Waals surface area contributed by atoms with Gasteiger partial charge in [0.05, 0.1) is 0 Å². The number of rotatable bonds is 1. The number of esters is 1. The lowest BCUT2D eigenvalue weighted by Gasteiger charge is -2.36. The first kappa shape index (κ1) is 11.0. The lowest BCUT2D eigenvalue weighted by Crippen LogP contribution is -2.36. The largest absolute Gasteiger partial charge is 0.487 e. The number of ether oxygens (including phenoxy) is 2. The average Bonchev–Trinajstić information content (AvgIpc) is 2.14. The van der Waals surface area contributed by atoms with Gasteiger partial charge in [0, 0.05) is 18.9 Å². The highest BCUT2D eigenvalue weighted by Gasteiger charge is 2.35. The molecule has 0 bridgehead atoms. The van der Waals surface area contributed by atoms with Gasteiger partial charge in [-0.3, -0.25) is 4.79 Å². The van der Waals surface area contributed by atoms with Crippen molar-refractivity contribution >= 4 is 5.97 Å². The van der Waals surface area contributed by atoms with Crippen molar-refractivity contribution in [3.63, 3.8) is 0 Å². The van der Waals surface area contributed by atoms with Crippen LogP contribution >= 0.6 is 0 Å². The van der Waals surface area contributed by atoms with Gasteiger partial charge in [0.2, 0.25) is 0 Å². The van der Waals surface area contributed by atoms with E-state index in [4.69, 9.17) is 9.47 Å². The number of benzene rings is 1. The summed E-state index contributed by atoms with van der Waals surface area (Å²) in [6.45, 7) is 5.43. The van der Waals surface area contributed by atoms with Gasteiger partial charge in [0.25, 0.3) is 0 Å². The maximum absolute atomic E-state index is 11.1. The molecule has 2 rings (SSSR count). The van der Waals surface area contributed by atoms with Crippen LogP contribution in [0, 0.1) is 0 Å². The van der Waals surface area contributed by atoms with Gasteiger partial charge in [-0.25, -0.2) is 0 Å². The van der Waals surface area contributed by atoms with E-state index in [0.29, 0.717) is 6.42 Å². The van der Waals surface area contributed by atoms with Crippen LogP contribution in [0.15, 0.2) is 24.3 Å². The van der Waals surface area contributed by atoms with Gasteiger partial charge in [0.15, 0.2) is 0 Å². The Morgan fingerprint density at radius 3 is 2.81 bits per heavy atom. The molecule has 1 heterocycles. The van der Waals surface area contributed by atoms with Gasteiger partial charge < -0.3 is 9.47 Å². The third-order valence-electron chi connectivity index (χ3n) is 2.64. The van der Waals surface area contributed by atoms with Gasteiger partial charge in [-0.1, -0.05) is 18.2 Å². The van der Waals surface area contributed by atoms with Crippen molar-refractivity contribution in [3.8, 4) is 5.75 Å². The maximum Gasteiger partial charge on any atom is 0.303 e. The van der Waals surface area contributed by atoms with Crippen molar-refractivity contribution in [1.82, 2.24) is 0 Å². The maximum atomic E-state index is 11.1. The molecule has 0 amide bonds. The molecule has 1 aromatic rings. The molecule has 0 N–H and O–H groups in total. The fourth-order valence-corrected chi connectivity index (χ4v) is 2.04. The van der Waals surface area contributed by atoms with Gasteiger partial charge in [-0.05, 0) is 19.9 Å². The van der Waals surface area contributed by atoms with E-state index in [9.17, 15) is 4.79 Å². The third-order valence-corrected chi connectivity index (χ3v) is 2.64. The van der Waals surface area contributed by atoms with E-state index in [-0.39, 0.29) is 17.7 Å². The summed E-state index contributed by atoms with van der Waals surface area (Å²) in [7, 11) is 0. The third kappa shape index (κ3) is 2.18. The SMILES string of the molecule is CC(=O)O[C@@H]1CC(C)(C)Oc2ccccc21. The number of hydrogen-bond donors (Lipinski definition) is 0. The highest BCUT2D eigenvalue weighted by molar-refractivity contribution is 5.66. The minimum Gasteiger partial charge on any atom is -0.487 e. The lowest BCUT2D eigenvalue weighted by atomic mass is 9.91. The molecule has 0 aromatic heterocycles. The van der Waals surface area contributed by atoms with E-state index in [1.54, 1.807) is 0 Å². The topological polar surface area (TPSA) is 35.5 Å². The zero-order valence-electron chi connectivity index (χ0n) is 9.82. The number of carbonyl (C=O) groups excluding carboxylic acids is 1. The minimum absolute atomic E-state index is 0.197. The molecule has 1 aromatic carbocycles. The second-order valence-corrected chi connectivity index (χ2v) is 4.70. The highest BCUT2D eigenvalue weighted by Crippen LogP contribution is 2.41. The molecule has 0 spiro atoms. The number of carbonyl (C=O) groups is 1. The van der Waals surface area contributed by atoms with E-state index in [1.165, 1.54) is 6.92 Å². The molecule has 86 valence electrons. The Balaban J connectivity index is 2.35. The van der Waals surface area contributed by atoms with E-state index >= 15 is 0 Å². The molecule has 3 heteroatoms. The fourth-order valence-electron chi connectivity index (χ4n) is 2.04. The van der Waals surface area contributed by atoms with Crippen LogP contribution in [0.3, 0.4) is 0 Å². The van der Waals surface area contributed by atoms with E-state index in [0.717, 1.165) is 11.3 Å². The van der Waals surface area contributed by atoms with Crippen molar-refractivity contribution in [3.05, 3.63) is 29.8 Å².